The number of carbonyl (C=O) groups excluding carboxylic acids is 1. The first kappa shape index (κ1) is 25.4. The van der Waals surface area contributed by atoms with Crippen LogP contribution in [0.1, 0.15) is 79.4 Å². The highest BCUT2D eigenvalue weighted by molar-refractivity contribution is 5.90. The van der Waals surface area contributed by atoms with Crippen LogP contribution in [0.25, 0.3) is 0 Å². The van der Waals surface area contributed by atoms with E-state index in [2.05, 4.69) is 9.88 Å². The normalized spacial score (nSPS) is 17.9. The number of pyridine rings is 1. The first-order valence-corrected chi connectivity index (χ1v) is 11.9. The van der Waals surface area contributed by atoms with Crippen LogP contribution in [0.4, 0.5) is 17.6 Å². The lowest BCUT2D eigenvalue weighted by Crippen LogP contribution is -2.38. The zero-order chi connectivity index (χ0) is 25.4. The molecular formula is C26H30F4N2O3. The average Bonchev–Trinajstić information content (AvgIpc) is 3.59. The number of hydrogen-bond acceptors (Lipinski definition) is 5. The van der Waals surface area contributed by atoms with Crippen LogP contribution in [0.15, 0.2) is 30.5 Å². The number of ether oxygens (including phenoxy) is 2. The third kappa shape index (κ3) is 6.72. The second-order valence-corrected chi connectivity index (χ2v) is 10.3. The Hall–Kier alpha value is -2.68. The molecule has 0 spiro atoms. The van der Waals surface area contributed by atoms with Gasteiger partial charge in [0, 0.05) is 31.9 Å². The number of nitrogens with zero attached hydrogens (tertiary/aromatic N) is 2. The Morgan fingerprint density at radius 2 is 1.77 bits per heavy atom. The summed E-state index contributed by atoms with van der Waals surface area (Å²) < 4.78 is 64.1. The molecule has 9 heteroatoms. The molecule has 2 heterocycles. The van der Waals surface area contributed by atoms with Gasteiger partial charge >= 0.3 is 12.1 Å². The highest BCUT2D eigenvalue weighted by Crippen LogP contribution is 2.43. The smallest absolute Gasteiger partial charge is 0.417 e. The standard InChI is InChI=1S/C26H30F4N2O3/c1-25(2,3)35-24(33)21-13-20(16-4-5-16)17(12-22(21)27)15-32-10-8-19(9-11-32)34-23-7-6-18(14-31-23)26(28,29)30/h6-7,12-14,16,19H,4-5,8-11,15H2,1-3H3. The maximum absolute atomic E-state index is 14.9. The second-order valence-electron chi connectivity index (χ2n) is 10.3. The van der Waals surface area contributed by atoms with Crippen molar-refractivity contribution in [3.8, 4) is 5.88 Å². The minimum atomic E-state index is -4.43. The Morgan fingerprint density at radius 3 is 2.31 bits per heavy atom. The molecule has 0 bridgehead atoms. The number of halogens is 4. The molecule has 0 amide bonds. The van der Waals surface area contributed by atoms with Crippen molar-refractivity contribution in [2.24, 2.45) is 0 Å². The van der Waals surface area contributed by atoms with Crippen molar-refractivity contribution in [3.63, 3.8) is 0 Å². The second kappa shape index (κ2) is 9.76. The number of esters is 1. The van der Waals surface area contributed by atoms with E-state index in [1.165, 1.54) is 12.1 Å². The van der Waals surface area contributed by atoms with Crippen LogP contribution in [0.3, 0.4) is 0 Å². The summed E-state index contributed by atoms with van der Waals surface area (Å²) in [4.78, 5) is 18.5. The summed E-state index contributed by atoms with van der Waals surface area (Å²) in [5.41, 5.74) is 0.336. The number of benzene rings is 1. The largest absolute Gasteiger partial charge is 0.474 e. The van der Waals surface area contributed by atoms with Gasteiger partial charge in [0.2, 0.25) is 5.88 Å². The number of aromatic nitrogens is 1. The Bertz CT molecular complexity index is 1050. The van der Waals surface area contributed by atoms with E-state index < -0.39 is 29.1 Å². The van der Waals surface area contributed by atoms with E-state index >= 15 is 0 Å². The van der Waals surface area contributed by atoms with Crippen LogP contribution in [0, 0.1) is 5.82 Å². The highest BCUT2D eigenvalue weighted by Gasteiger charge is 2.32. The molecule has 1 saturated carbocycles. The molecule has 0 atom stereocenters. The molecule has 190 valence electrons. The van der Waals surface area contributed by atoms with Crippen molar-refractivity contribution >= 4 is 5.97 Å². The lowest BCUT2D eigenvalue weighted by Gasteiger charge is -2.32. The zero-order valence-electron chi connectivity index (χ0n) is 20.1. The summed E-state index contributed by atoms with van der Waals surface area (Å²) in [7, 11) is 0. The molecule has 4 rings (SSSR count). The lowest BCUT2D eigenvalue weighted by atomic mass is 9.97. The molecule has 1 aromatic carbocycles. The molecule has 1 aromatic heterocycles. The van der Waals surface area contributed by atoms with Crippen molar-refractivity contribution in [3.05, 3.63) is 58.5 Å². The summed E-state index contributed by atoms with van der Waals surface area (Å²) in [6.07, 6.45) is -0.408. The van der Waals surface area contributed by atoms with E-state index in [0.29, 0.717) is 38.4 Å². The molecular weight excluding hydrogens is 464 g/mol. The molecule has 0 radical (unpaired) electrons. The van der Waals surface area contributed by atoms with Gasteiger partial charge in [-0.1, -0.05) is 0 Å². The van der Waals surface area contributed by atoms with Crippen molar-refractivity contribution in [1.82, 2.24) is 9.88 Å². The van der Waals surface area contributed by atoms with Crippen molar-refractivity contribution in [1.29, 1.82) is 0 Å². The Balaban J connectivity index is 1.37. The van der Waals surface area contributed by atoms with Crippen LogP contribution in [0.2, 0.25) is 0 Å². The average molecular weight is 495 g/mol. The predicted molar refractivity (Wildman–Crippen MR) is 122 cm³/mol. The fraction of sp³-hybridized carbons (Fsp3) is 0.538. The molecule has 2 aliphatic rings. The molecule has 5 nitrogen and oxygen atoms in total. The van der Waals surface area contributed by atoms with Crippen LogP contribution in [-0.4, -0.2) is 40.6 Å². The zero-order valence-corrected chi connectivity index (χ0v) is 20.1. The topological polar surface area (TPSA) is 51.7 Å². The summed E-state index contributed by atoms with van der Waals surface area (Å²) in [6, 6.07) is 5.32. The van der Waals surface area contributed by atoms with E-state index in [0.717, 1.165) is 36.2 Å². The monoisotopic (exact) mass is 494 g/mol. The van der Waals surface area contributed by atoms with Gasteiger partial charge in [-0.3, -0.25) is 4.90 Å². The number of carbonyl (C=O) groups is 1. The van der Waals surface area contributed by atoms with E-state index in [-0.39, 0.29) is 17.5 Å². The molecule has 0 unspecified atom stereocenters. The third-order valence-corrected chi connectivity index (χ3v) is 6.14. The Morgan fingerprint density at radius 1 is 1.09 bits per heavy atom. The summed E-state index contributed by atoms with van der Waals surface area (Å²) in [5.74, 6) is -0.728. The van der Waals surface area contributed by atoms with Crippen LogP contribution >= 0.6 is 0 Å². The molecule has 0 N–H and O–H groups in total. The summed E-state index contributed by atoms with van der Waals surface area (Å²) >= 11 is 0. The number of piperidine rings is 1. The van der Waals surface area contributed by atoms with Crippen LogP contribution in [0.5, 0.6) is 5.88 Å². The SMILES string of the molecule is CC(C)(C)OC(=O)c1cc(C2CC2)c(CN2CCC(Oc3ccc(C(F)(F)F)cn3)CC2)cc1F. The number of likely N-dealkylation sites (tertiary alicyclic amines) is 1. The van der Waals surface area contributed by atoms with Crippen LogP contribution in [-0.2, 0) is 17.5 Å². The quantitative estimate of drug-likeness (QED) is 0.358. The van der Waals surface area contributed by atoms with E-state index in [9.17, 15) is 22.4 Å². The molecule has 2 fully saturated rings. The number of hydrogen-bond donors (Lipinski definition) is 0. The summed E-state index contributed by atoms with van der Waals surface area (Å²) in [6.45, 7) is 7.21. The lowest BCUT2D eigenvalue weighted by molar-refractivity contribution is -0.137. The van der Waals surface area contributed by atoms with Gasteiger partial charge in [-0.15, -0.1) is 0 Å². The fourth-order valence-electron chi connectivity index (χ4n) is 4.25. The minimum absolute atomic E-state index is 0.0262. The maximum atomic E-state index is 14.9. The van der Waals surface area contributed by atoms with Gasteiger partial charge in [0.1, 0.15) is 17.5 Å². The van der Waals surface area contributed by atoms with Crippen molar-refractivity contribution in [2.75, 3.05) is 13.1 Å². The van der Waals surface area contributed by atoms with Crippen LogP contribution < -0.4 is 4.74 Å². The van der Waals surface area contributed by atoms with E-state index in [4.69, 9.17) is 9.47 Å². The summed E-state index contributed by atoms with van der Waals surface area (Å²) in [5, 5.41) is 0. The first-order valence-electron chi connectivity index (χ1n) is 11.9. The van der Waals surface area contributed by atoms with Gasteiger partial charge in [-0.05, 0) is 81.7 Å². The maximum Gasteiger partial charge on any atom is 0.417 e. The predicted octanol–water partition coefficient (Wildman–Crippen LogP) is 6.12. The molecule has 1 aliphatic carbocycles. The molecule has 2 aromatic rings. The van der Waals surface area contributed by atoms with Gasteiger partial charge in [0.15, 0.2) is 0 Å². The first-order chi connectivity index (χ1) is 16.4. The van der Waals surface area contributed by atoms with Gasteiger partial charge < -0.3 is 9.47 Å². The number of alkyl halides is 3. The molecule has 1 aliphatic heterocycles. The van der Waals surface area contributed by atoms with Gasteiger partial charge in [0.25, 0.3) is 0 Å². The van der Waals surface area contributed by atoms with E-state index in [1.54, 1.807) is 26.8 Å². The van der Waals surface area contributed by atoms with E-state index in [1.807, 2.05) is 0 Å². The van der Waals surface area contributed by atoms with Gasteiger partial charge in [-0.25, -0.2) is 14.2 Å². The fourth-order valence-corrected chi connectivity index (χ4v) is 4.25. The van der Waals surface area contributed by atoms with Crippen molar-refractivity contribution < 1.29 is 31.8 Å². The highest BCUT2D eigenvalue weighted by atomic mass is 19.4. The molecule has 1 saturated heterocycles. The van der Waals surface area contributed by atoms with Gasteiger partial charge in [-0.2, -0.15) is 13.2 Å². The third-order valence-electron chi connectivity index (χ3n) is 6.14. The minimum Gasteiger partial charge on any atom is -0.474 e. The van der Waals surface area contributed by atoms with Crippen molar-refractivity contribution in [2.45, 2.75) is 76.8 Å². The Kier molecular flexibility index (Phi) is 7.09. The van der Waals surface area contributed by atoms with Gasteiger partial charge in [0.05, 0.1) is 11.1 Å². The Labute approximate surface area is 202 Å². The molecule has 35 heavy (non-hydrogen) atoms. The number of rotatable bonds is 6.